The first-order chi connectivity index (χ1) is 9.22. The Morgan fingerprint density at radius 1 is 1.26 bits per heavy atom. The largest absolute Gasteiger partial charge is 0.465 e. The lowest BCUT2D eigenvalue weighted by molar-refractivity contribution is 0.490. The quantitative estimate of drug-likeness (QED) is 0.772. The summed E-state index contributed by atoms with van der Waals surface area (Å²) in [4.78, 5) is 4.46. The molecule has 2 heterocycles. The Labute approximate surface area is 119 Å². The molecule has 0 saturated heterocycles. The lowest BCUT2D eigenvalue weighted by Gasteiger charge is -2.08. The van der Waals surface area contributed by atoms with E-state index >= 15 is 0 Å². The van der Waals surface area contributed by atoms with Gasteiger partial charge in [0.15, 0.2) is 0 Å². The molecule has 3 aromatic rings. The zero-order valence-corrected chi connectivity index (χ0v) is 12.1. The number of nitrogens with zero attached hydrogens (tertiary/aromatic N) is 1. The van der Waals surface area contributed by atoms with Crippen LogP contribution in [0.3, 0.4) is 0 Å². The van der Waals surface area contributed by atoms with Gasteiger partial charge in [-0.3, -0.25) is 4.98 Å². The number of hydrogen-bond donors (Lipinski definition) is 1. The minimum Gasteiger partial charge on any atom is -0.465 e. The van der Waals surface area contributed by atoms with Crippen LogP contribution in [0.5, 0.6) is 0 Å². The lowest BCUT2D eigenvalue weighted by Crippen LogP contribution is -1.99. The summed E-state index contributed by atoms with van der Waals surface area (Å²) in [7, 11) is 0. The van der Waals surface area contributed by atoms with E-state index in [2.05, 4.69) is 38.4 Å². The summed E-state index contributed by atoms with van der Waals surface area (Å²) < 4.78 is 6.53. The molecule has 96 valence electrons. The topological polar surface area (TPSA) is 38.1 Å². The number of aromatic nitrogens is 1. The Morgan fingerprint density at radius 3 is 2.95 bits per heavy atom. The summed E-state index contributed by atoms with van der Waals surface area (Å²) in [6.07, 6.45) is 1.81. The Morgan fingerprint density at radius 2 is 2.16 bits per heavy atom. The molecule has 0 aliphatic carbocycles. The third kappa shape index (κ3) is 2.63. The van der Waals surface area contributed by atoms with Crippen molar-refractivity contribution in [3.05, 3.63) is 58.6 Å². The van der Waals surface area contributed by atoms with Crippen molar-refractivity contribution in [2.24, 2.45) is 0 Å². The molecule has 0 saturated carbocycles. The predicted octanol–water partition coefficient (Wildman–Crippen LogP) is 4.51. The van der Waals surface area contributed by atoms with Gasteiger partial charge in [-0.05, 0) is 47.1 Å². The van der Waals surface area contributed by atoms with E-state index in [9.17, 15) is 0 Å². The van der Waals surface area contributed by atoms with E-state index in [1.807, 2.05) is 37.4 Å². The molecule has 19 heavy (non-hydrogen) atoms. The Kier molecular flexibility index (Phi) is 3.25. The van der Waals surface area contributed by atoms with Gasteiger partial charge in [0.05, 0.1) is 17.7 Å². The summed E-state index contributed by atoms with van der Waals surface area (Å²) in [6.45, 7) is 2.60. The third-order valence-corrected chi connectivity index (χ3v) is 3.36. The number of rotatable bonds is 3. The number of halogens is 1. The fourth-order valence-corrected chi connectivity index (χ4v) is 2.39. The van der Waals surface area contributed by atoms with Crippen LogP contribution in [0, 0.1) is 6.92 Å². The summed E-state index contributed by atoms with van der Waals surface area (Å²) in [5.74, 6) is 1.85. The zero-order valence-electron chi connectivity index (χ0n) is 10.5. The van der Waals surface area contributed by atoms with E-state index in [0.717, 1.165) is 32.6 Å². The molecule has 0 radical (unpaired) electrons. The summed E-state index contributed by atoms with van der Waals surface area (Å²) in [5.41, 5.74) is 1.98. The van der Waals surface area contributed by atoms with Crippen molar-refractivity contribution in [2.45, 2.75) is 13.5 Å². The van der Waals surface area contributed by atoms with Crippen LogP contribution in [0.1, 0.15) is 11.5 Å². The molecular weight excluding hydrogens is 304 g/mol. The van der Waals surface area contributed by atoms with Gasteiger partial charge in [0, 0.05) is 16.1 Å². The van der Waals surface area contributed by atoms with Gasteiger partial charge >= 0.3 is 0 Å². The van der Waals surface area contributed by atoms with Crippen molar-refractivity contribution >= 4 is 32.5 Å². The van der Waals surface area contributed by atoms with E-state index in [-0.39, 0.29) is 0 Å². The molecule has 4 heteroatoms. The number of benzene rings is 1. The van der Waals surface area contributed by atoms with Crippen molar-refractivity contribution in [3.8, 4) is 0 Å². The number of fused-ring (bicyclic) bond motifs is 1. The third-order valence-electron chi connectivity index (χ3n) is 2.93. The first-order valence-electron chi connectivity index (χ1n) is 6.06. The first-order valence-corrected chi connectivity index (χ1v) is 6.85. The molecule has 0 unspecified atom stereocenters. The standard InChI is InChI=1S/C15H13BrN2O/c1-10-5-6-13(19-10)9-17-14-4-2-3-11-7-12(16)8-18-15(11)14/h2-8,17H,9H2,1H3. The highest BCUT2D eigenvalue weighted by Crippen LogP contribution is 2.24. The summed E-state index contributed by atoms with van der Waals surface area (Å²) in [6, 6.07) is 12.1. The van der Waals surface area contributed by atoms with Crippen LogP contribution in [0.15, 0.2) is 51.5 Å². The highest BCUT2D eigenvalue weighted by atomic mass is 79.9. The molecule has 1 N–H and O–H groups in total. The van der Waals surface area contributed by atoms with E-state index in [1.54, 1.807) is 0 Å². The normalized spacial score (nSPS) is 10.8. The van der Waals surface area contributed by atoms with E-state index in [0.29, 0.717) is 6.54 Å². The van der Waals surface area contributed by atoms with E-state index in [1.165, 1.54) is 0 Å². The van der Waals surface area contributed by atoms with Crippen molar-refractivity contribution in [3.63, 3.8) is 0 Å². The van der Waals surface area contributed by atoms with E-state index < -0.39 is 0 Å². The minimum absolute atomic E-state index is 0.657. The van der Waals surface area contributed by atoms with Crippen LogP contribution in [0.4, 0.5) is 5.69 Å². The maximum Gasteiger partial charge on any atom is 0.123 e. The van der Waals surface area contributed by atoms with Crippen molar-refractivity contribution in [1.29, 1.82) is 0 Å². The Bertz CT molecular complexity index is 721. The molecule has 2 aromatic heterocycles. The molecule has 3 nitrogen and oxygen atoms in total. The van der Waals surface area contributed by atoms with Gasteiger partial charge in [-0.2, -0.15) is 0 Å². The van der Waals surface area contributed by atoms with Crippen LogP contribution >= 0.6 is 15.9 Å². The monoisotopic (exact) mass is 316 g/mol. The smallest absolute Gasteiger partial charge is 0.123 e. The van der Waals surface area contributed by atoms with Gasteiger partial charge in [-0.15, -0.1) is 0 Å². The summed E-state index contributed by atoms with van der Waals surface area (Å²) in [5, 5.41) is 4.47. The van der Waals surface area contributed by atoms with Gasteiger partial charge in [-0.25, -0.2) is 0 Å². The number of para-hydroxylation sites is 1. The Balaban J connectivity index is 1.88. The second-order valence-corrected chi connectivity index (χ2v) is 5.31. The van der Waals surface area contributed by atoms with Gasteiger partial charge < -0.3 is 9.73 Å². The highest BCUT2D eigenvalue weighted by Gasteiger charge is 2.04. The maximum absolute atomic E-state index is 5.55. The maximum atomic E-state index is 5.55. The molecule has 0 amide bonds. The van der Waals surface area contributed by atoms with Crippen LogP contribution < -0.4 is 5.32 Å². The molecule has 0 bridgehead atoms. The number of nitrogens with one attached hydrogen (secondary N) is 1. The van der Waals surface area contributed by atoms with Crippen LogP contribution in [0.25, 0.3) is 10.9 Å². The number of anilines is 1. The summed E-state index contributed by atoms with van der Waals surface area (Å²) >= 11 is 3.44. The molecule has 3 rings (SSSR count). The van der Waals surface area contributed by atoms with Crippen molar-refractivity contribution < 1.29 is 4.42 Å². The van der Waals surface area contributed by atoms with Gasteiger partial charge in [-0.1, -0.05) is 12.1 Å². The molecular formula is C15H13BrN2O. The average molecular weight is 317 g/mol. The zero-order chi connectivity index (χ0) is 13.2. The molecule has 0 atom stereocenters. The molecule has 0 aliphatic heterocycles. The number of furan rings is 1. The second kappa shape index (κ2) is 5.05. The molecule has 1 aromatic carbocycles. The van der Waals surface area contributed by atoms with Gasteiger partial charge in [0.2, 0.25) is 0 Å². The lowest BCUT2D eigenvalue weighted by atomic mass is 10.2. The predicted molar refractivity (Wildman–Crippen MR) is 80.2 cm³/mol. The van der Waals surface area contributed by atoms with Crippen molar-refractivity contribution in [1.82, 2.24) is 4.98 Å². The van der Waals surface area contributed by atoms with E-state index in [4.69, 9.17) is 4.42 Å². The van der Waals surface area contributed by atoms with Crippen LogP contribution in [-0.4, -0.2) is 4.98 Å². The molecule has 0 aliphatic rings. The molecule has 0 spiro atoms. The fourth-order valence-electron chi connectivity index (χ4n) is 2.04. The average Bonchev–Trinajstić information content (AvgIpc) is 2.81. The Hall–Kier alpha value is -1.81. The number of pyridine rings is 1. The van der Waals surface area contributed by atoms with Gasteiger partial charge in [0.25, 0.3) is 0 Å². The van der Waals surface area contributed by atoms with Crippen LogP contribution in [0.2, 0.25) is 0 Å². The number of aryl methyl sites for hydroxylation is 1. The van der Waals surface area contributed by atoms with Gasteiger partial charge in [0.1, 0.15) is 11.5 Å². The SMILES string of the molecule is Cc1ccc(CNc2cccc3cc(Br)cnc23)o1. The fraction of sp³-hybridized carbons (Fsp3) is 0.133. The second-order valence-electron chi connectivity index (χ2n) is 4.40. The molecule has 0 fully saturated rings. The highest BCUT2D eigenvalue weighted by molar-refractivity contribution is 9.10. The number of hydrogen-bond acceptors (Lipinski definition) is 3. The van der Waals surface area contributed by atoms with Crippen LogP contribution in [-0.2, 0) is 6.54 Å². The first kappa shape index (κ1) is 12.2. The minimum atomic E-state index is 0.657. The van der Waals surface area contributed by atoms with Crippen molar-refractivity contribution in [2.75, 3.05) is 5.32 Å².